The average molecular weight is 558 g/mol. The summed E-state index contributed by atoms with van der Waals surface area (Å²) in [4.78, 5) is 15.3. The second kappa shape index (κ2) is 11.2. The van der Waals surface area contributed by atoms with Crippen molar-refractivity contribution in [1.29, 1.82) is 0 Å². The van der Waals surface area contributed by atoms with Crippen molar-refractivity contribution >= 4 is 51.1 Å². The number of amides is 1. The maximum absolute atomic E-state index is 13.2. The highest BCUT2D eigenvalue weighted by atomic mass is 79.9. The third kappa shape index (κ3) is 6.02. The van der Waals surface area contributed by atoms with Crippen LogP contribution in [-0.4, -0.2) is 22.2 Å². The van der Waals surface area contributed by atoms with Crippen LogP contribution in [0, 0.1) is 0 Å². The van der Waals surface area contributed by atoms with E-state index >= 15 is 0 Å². The van der Waals surface area contributed by atoms with Gasteiger partial charge >= 0.3 is 0 Å². The van der Waals surface area contributed by atoms with Crippen molar-refractivity contribution in [2.45, 2.75) is 6.54 Å². The highest BCUT2D eigenvalue weighted by molar-refractivity contribution is 9.10. The Balaban J connectivity index is 1.37. The van der Waals surface area contributed by atoms with Gasteiger partial charge in [0.25, 0.3) is 5.91 Å². The van der Waals surface area contributed by atoms with Gasteiger partial charge in [-0.15, -0.1) is 5.10 Å². The molecule has 0 N–H and O–H groups in total. The van der Waals surface area contributed by atoms with Crippen molar-refractivity contribution in [1.82, 2.24) is 4.90 Å². The fourth-order valence-corrected chi connectivity index (χ4v) is 4.81. The Morgan fingerprint density at radius 2 is 1.72 bits per heavy atom. The molecule has 36 heavy (non-hydrogen) atoms. The zero-order valence-corrected chi connectivity index (χ0v) is 21.4. The van der Waals surface area contributed by atoms with Gasteiger partial charge in [-0.25, -0.2) is 0 Å². The molecule has 1 aliphatic rings. The van der Waals surface area contributed by atoms with Crippen molar-refractivity contribution in [3.8, 4) is 11.5 Å². The molecule has 0 unspecified atom stereocenters. The first-order valence-electron chi connectivity index (χ1n) is 11.1. The number of benzene rings is 3. The average Bonchev–Trinajstić information content (AvgIpc) is 3.49. The molecule has 0 spiro atoms. The molecule has 6 nitrogen and oxygen atoms in total. The first-order chi connectivity index (χ1) is 17.6. The monoisotopic (exact) mass is 557 g/mol. The lowest BCUT2D eigenvalue weighted by Crippen LogP contribution is -2.28. The predicted octanol–water partition coefficient (Wildman–Crippen LogP) is 7.34. The fourth-order valence-electron chi connectivity index (χ4n) is 3.46. The molecule has 1 fully saturated rings. The third-order valence-corrected chi connectivity index (χ3v) is 6.61. The zero-order valence-electron chi connectivity index (χ0n) is 19.0. The van der Waals surface area contributed by atoms with Gasteiger partial charge in [0.05, 0.1) is 23.9 Å². The number of carbonyl (C=O) groups is 1. The smallest absolute Gasteiger partial charge is 0.267 e. The van der Waals surface area contributed by atoms with Crippen molar-refractivity contribution < 1.29 is 13.9 Å². The molecule has 3 aromatic carbocycles. The van der Waals surface area contributed by atoms with Crippen molar-refractivity contribution in [2.24, 2.45) is 10.2 Å². The van der Waals surface area contributed by atoms with E-state index in [0.717, 1.165) is 21.3 Å². The molecule has 178 valence electrons. The van der Waals surface area contributed by atoms with Crippen molar-refractivity contribution in [2.75, 3.05) is 0 Å². The number of halogens is 1. The van der Waals surface area contributed by atoms with E-state index in [0.29, 0.717) is 21.6 Å². The van der Waals surface area contributed by atoms with Crippen LogP contribution in [0.2, 0.25) is 0 Å². The molecule has 0 bridgehead atoms. The SMILES string of the molecule is O=C1/C(=C/c2cccc(Br)c2)S/C(=N/N=C\c2cccc(Oc3ccccc3)c2)N1Cc1ccco1. The summed E-state index contributed by atoms with van der Waals surface area (Å²) in [5, 5.41) is 9.12. The third-order valence-electron chi connectivity index (χ3n) is 5.12. The van der Waals surface area contributed by atoms with Gasteiger partial charge in [0.15, 0.2) is 5.17 Å². The lowest BCUT2D eigenvalue weighted by molar-refractivity contribution is -0.122. The number of carbonyl (C=O) groups excluding carboxylic acids is 1. The molecule has 1 aliphatic heterocycles. The summed E-state index contributed by atoms with van der Waals surface area (Å²) in [6, 6.07) is 28.5. The minimum absolute atomic E-state index is 0.149. The summed E-state index contributed by atoms with van der Waals surface area (Å²) in [6.07, 6.45) is 5.07. The number of thioether (sulfide) groups is 1. The van der Waals surface area contributed by atoms with E-state index in [1.807, 2.05) is 91.0 Å². The predicted molar refractivity (Wildman–Crippen MR) is 147 cm³/mol. The topological polar surface area (TPSA) is 67.4 Å². The number of amidine groups is 1. The summed E-state index contributed by atoms with van der Waals surface area (Å²) in [7, 11) is 0. The lowest BCUT2D eigenvalue weighted by Gasteiger charge is -2.12. The standard InChI is InChI=1S/C28H20BrN3O3S/c29-22-9-4-7-20(15-22)17-26-27(33)32(19-25-13-6-14-34-25)28(36-26)31-30-18-21-8-5-12-24(16-21)35-23-10-2-1-3-11-23/h1-18H,19H2/b26-17-,30-18-,31-28+. The van der Waals surface area contributed by atoms with Crippen LogP contribution in [0.4, 0.5) is 0 Å². The van der Waals surface area contributed by atoms with Gasteiger partial charge in [0, 0.05) is 4.47 Å². The molecule has 4 aromatic rings. The van der Waals surface area contributed by atoms with Crippen LogP contribution in [0.3, 0.4) is 0 Å². The molecule has 1 aromatic heterocycles. The number of nitrogens with zero attached hydrogens (tertiary/aromatic N) is 3. The second-order valence-electron chi connectivity index (χ2n) is 7.75. The Morgan fingerprint density at radius 3 is 2.53 bits per heavy atom. The van der Waals surface area contributed by atoms with Crippen molar-refractivity contribution in [3.63, 3.8) is 0 Å². The fraction of sp³-hybridized carbons (Fsp3) is 0.0357. The van der Waals surface area contributed by atoms with E-state index in [1.54, 1.807) is 23.4 Å². The maximum Gasteiger partial charge on any atom is 0.267 e. The molecule has 0 atom stereocenters. The zero-order chi connectivity index (χ0) is 24.7. The van der Waals surface area contributed by atoms with Gasteiger partial charge in [-0.2, -0.15) is 5.10 Å². The first kappa shape index (κ1) is 23.8. The van der Waals surface area contributed by atoms with Gasteiger partial charge in [0.2, 0.25) is 0 Å². The summed E-state index contributed by atoms with van der Waals surface area (Å²) in [5.41, 5.74) is 1.74. The van der Waals surface area contributed by atoms with E-state index in [-0.39, 0.29) is 12.5 Å². The van der Waals surface area contributed by atoms with Crippen LogP contribution in [0.25, 0.3) is 6.08 Å². The normalized spacial score (nSPS) is 15.9. The van der Waals surface area contributed by atoms with E-state index in [4.69, 9.17) is 9.15 Å². The van der Waals surface area contributed by atoms with Crippen LogP contribution in [0.5, 0.6) is 11.5 Å². The summed E-state index contributed by atoms with van der Waals surface area (Å²) in [6.45, 7) is 0.267. The number of para-hydroxylation sites is 1. The van der Waals surface area contributed by atoms with E-state index < -0.39 is 0 Å². The summed E-state index contributed by atoms with van der Waals surface area (Å²) < 4.78 is 12.3. The number of hydrogen-bond acceptors (Lipinski definition) is 6. The summed E-state index contributed by atoms with van der Waals surface area (Å²) in [5.74, 6) is 1.96. The van der Waals surface area contributed by atoms with Gasteiger partial charge < -0.3 is 9.15 Å². The Kier molecular flexibility index (Phi) is 7.44. The van der Waals surface area contributed by atoms with Crippen LogP contribution < -0.4 is 4.74 Å². The molecule has 0 saturated carbocycles. The summed E-state index contributed by atoms with van der Waals surface area (Å²) >= 11 is 4.76. The van der Waals surface area contributed by atoms with Crippen LogP contribution in [-0.2, 0) is 11.3 Å². The molecule has 5 rings (SSSR count). The number of rotatable bonds is 7. The maximum atomic E-state index is 13.2. The molecule has 8 heteroatoms. The molecule has 0 radical (unpaired) electrons. The van der Waals surface area contributed by atoms with E-state index in [1.165, 1.54) is 11.8 Å². The Labute approximate surface area is 221 Å². The quantitative estimate of drug-likeness (QED) is 0.135. The van der Waals surface area contributed by atoms with Gasteiger partial charge in [-0.05, 0) is 77.5 Å². The molecule has 0 aliphatic carbocycles. The largest absolute Gasteiger partial charge is 0.467 e. The molecule has 1 saturated heterocycles. The second-order valence-corrected chi connectivity index (χ2v) is 9.68. The van der Waals surface area contributed by atoms with Crippen molar-refractivity contribution in [3.05, 3.63) is 124 Å². The Hall–Kier alpha value is -3.88. The molecule has 1 amide bonds. The first-order valence-corrected chi connectivity index (χ1v) is 12.7. The minimum atomic E-state index is -0.149. The number of furan rings is 1. The van der Waals surface area contributed by atoms with Gasteiger partial charge in [-0.1, -0.05) is 58.4 Å². The van der Waals surface area contributed by atoms with Crippen LogP contribution in [0.15, 0.2) is 121 Å². The number of ether oxygens (including phenoxy) is 1. The molecular weight excluding hydrogens is 538 g/mol. The highest BCUT2D eigenvalue weighted by Crippen LogP contribution is 2.34. The molecular formula is C28H20BrN3O3S. The lowest BCUT2D eigenvalue weighted by atomic mass is 10.2. The molecule has 2 heterocycles. The number of hydrogen-bond donors (Lipinski definition) is 0. The van der Waals surface area contributed by atoms with Gasteiger partial charge in [-0.3, -0.25) is 9.69 Å². The minimum Gasteiger partial charge on any atom is -0.467 e. The van der Waals surface area contributed by atoms with Gasteiger partial charge in [0.1, 0.15) is 17.3 Å². The van der Waals surface area contributed by atoms with E-state index in [9.17, 15) is 4.79 Å². The van der Waals surface area contributed by atoms with Crippen LogP contribution in [0.1, 0.15) is 16.9 Å². The highest BCUT2D eigenvalue weighted by Gasteiger charge is 2.34. The van der Waals surface area contributed by atoms with E-state index in [2.05, 4.69) is 26.1 Å². The Bertz CT molecular complexity index is 1450. The van der Waals surface area contributed by atoms with Crippen LogP contribution >= 0.6 is 27.7 Å². The Morgan fingerprint density at radius 1 is 0.917 bits per heavy atom.